The number of nitrogens with zero attached hydrogens (tertiary/aromatic N) is 3. The van der Waals surface area contributed by atoms with Gasteiger partial charge in [-0.2, -0.15) is 0 Å². The maximum atomic E-state index is 12.5. The van der Waals surface area contributed by atoms with Gasteiger partial charge in [-0.25, -0.2) is 9.97 Å². The molecule has 0 radical (unpaired) electrons. The Morgan fingerprint density at radius 3 is 2.96 bits per heavy atom. The van der Waals surface area contributed by atoms with Crippen molar-refractivity contribution in [2.75, 3.05) is 0 Å². The van der Waals surface area contributed by atoms with Gasteiger partial charge < -0.3 is 5.32 Å². The molecule has 0 aliphatic rings. The van der Waals surface area contributed by atoms with E-state index in [9.17, 15) is 4.79 Å². The molecule has 3 aromatic rings. The van der Waals surface area contributed by atoms with Gasteiger partial charge in [0, 0.05) is 24.5 Å². The molecular weight excluding hydrogens is 308 g/mol. The molecule has 2 aromatic heterocycles. The van der Waals surface area contributed by atoms with Crippen LogP contribution in [0.3, 0.4) is 0 Å². The third kappa shape index (κ3) is 3.65. The van der Waals surface area contributed by atoms with Gasteiger partial charge in [-0.05, 0) is 25.5 Å². The highest BCUT2D eigenvalue weighted by molar-refractivity contribution is 7.09. The first-order valence-corrected chi connectivity index (χ1v) is 8.66. The maximum Gasteiger partial charge on any atom is 0.261 e. The van der Waals surface area contributed by atoms with Crippen molar-refractivity contribution in [1.82, 2.24) is 19.9 Å². The summed E-state index contributed by atoms with van der Waals surface area (Å²) in [4.78, 5) is 21.4. The van der Waals surface area contributed by atoms with Crippen LogP contribution in [-0.4, -0.2) is 20.6 Å². The van der Waals surface area contributed by atoms with Gasteiger partial charge in [0.25, 0.3) is 5.56 Å². The standard InChI is InChI=1S/C17H20N4OS/c1-3-13-10-23-16(20-13)8-18-12(2)9-21-11-19-15-7-5-4-6-14(15)17(21)22/h4-7,10-12,18H,3,8-9H2,1-2H3. The minimum absolute atomic E-state index is 0.00627. The molecule has 1 unspecified atom stereocenters. The van der Waals surface area contributed by atoms with E-state index in [1.54, 1.807) is 22.2 Å². The smallest absolute Gasteiger partial charge is 0.261 e. The lowest BCUT2D eigenvalue weighted by atomic mass is 10.2. The number of rotatable bonds is 6. The van der Waals surface area contributed by atoms with Crippen LogP contribution in [-0.2, 0) is 19.5 Å². The Hall–Kier alpha value is -2.05. The number of hydrogen-bond acceptors (Lipinski definition) is 5. The maximum absolute atomic E-state index is 12.5. The van der Waals surface area contributed by atoms with E-state index in [0.717, 1.165) is 29.2 Å². The van der Waals surface area contributed by atoms with E-state index in [0.29, 0.717) is 11.9 Å². The minimum Gasteiger partial charge on any atom is -0.306 e. The van der Waals surface area contributed by atoms with E-state index in [4.69, 9.17) is 0 Å². The molecule has 23 heavy (non-hydrogen) atoms. The fourth-order valence-electron chi connectivity index (χ4n) is 2.45. The van der Waals surface area contributed by atoms with E-state index in [1.165, 1.54) is 0 Å². The summed E-state index contributed by atoms with van der Waals surface area (Å²) in [6.07, 6.45) is 2.59. The zero-order valence-corrected chi connectivity index (χ0v) is 14.1. The third-order valence-corrected chi connectivity index (χ3v) is 4.66. The van der Waals surface area contributed by atoms with Crippen molar-refractivity contribution in [2.45, 2.75) is 39.4 Å². The molecule has 0 amide bonds. The number of hydrogen-bond donors (Lipinski definition) is 1. The lowest BCUT2D eigenvalue weighted by Crippen LogP contribution is -2.34. The average Bonchev–Trinajstić information content (AvgIpc) is 3.04. The van der Waals surface area contributed by atoms with Crippen LogP contribution in [0.2, 0.25) is 0 Å². The van der Waals surface area contributed by atoms with Crippen LogP contribution in [0.5, 0.6) is 0 Å². The molecule has 1 atom stereocenters. The Morgan fingerprint density at radius 2 is 2.17 bits per heavy atom. The lowest BCUT2D eigenvalue weighted by Gasteiger charge is -2.14. The molecule has 0 saturated heterocycles. The second kappa shape index (κ2) is 7.02. The number of thiazole rings is 1. The highest BCUT2D eigenvalue weighted by atomic mass is 32.1. The van der Waals surface area contributed by atoms with E-state index in [1.807, 2.05) is 24.3 Å². The fraction of sp³-hybridized carbons (Fsp3) is 0.353. The van der Waals surface area contributed by atoms with Gasteiger partial charge >= 0.3 is 0 Å². The molecular formula is C17H20N4OS. The van der Waals surface area contributed by atoms with Gasteiger partial charge in [0.05, 0.1) is 22.9 Å². The first kappa shape index (κ1) is 15.8. The topological polar surface area (TPSA) is 59.8 Å². The zero-order valence-electron chi connectivity index (χ0n) is 13.3. The predicted octanol–water partition coefficient (Wildman–Crippen LogP) is 2.59. The number of nitrogens with one attached hydrogen (secondary N) is 1. The summed E-state index contributed by atoms with van der Waals surface area (Å²) in [5, 5.41) is 7.26. The van der Waals surface area contributed by atoms with Crippen molar-refractivity contribution in [3.8, 4) is 0 Å². The summed E-state index contributed by atoms with van der Waals surface area (Å²) in [6, 6.07) is 7.59. The summed E-state index contributed by atoms with van der Waals surface area (Å²) >= 11 is 1.67. The van der Waals surface area contributed by atoms with E-state index >= 15 is 0 Å². The van der Waals surface area contributed by atoms with Gasteiger partial charge in [0.1, 0.15) is 5.01 Å². The summed E-state index contributed by atoms with van der Waals surface area (Å²) in [7, 11) is 0. The van der Waals surface area contributed by atoms with Crippen molar-refractivity contribution in [1.29, 1.82) is 0 Å². The van der Waals surface area contributed by atoms with Crippen molar-refractivity contribution >= 4 is 22.2 Å². The molecule has 0 aliphatic carbocycles. The van der Waals surface area contributed by atoms with Gasteiger partial charge in [0.15, 0.2) is 0 Å². The zero-order chi connectivity index (χ0) is 16.2. The Morgan fingerprint density at radius 1 is 1.35 bits per heavy atom. The van der Waals surface area contributed by atoms with Crippen LogP contribution in [0.1, 0.15) is 24.5 Å². The monoisotopic (exact) mass is 328 g/mol. The molecule has 1 aromatic carbocycles. The van der Waals surface area contributed by atoms with Crippen LogP contribution < -0.4 is 10.9 Å². The van der Waals surface area contributed by atoms with Crippen LogP contribution in [0.25, 0.3) is 10.9 Å². The van der Waals surface area contributed by atoms with Crippen LogP contribution >= 0.6 is 11.3 Å². The van der Waals surface area contributed by atoms with E-state index in [2.05, 4.69) is 34.5 Å². The number of fused-ring (bicyclic) bond motifs is 1. The van der Waals surface area contributed by atoms with Crippen molar-refractivity contribution in [3.63, 3.8) is 0 Å². The fourth-order valence-corrected chi connectivity index (χ4v) is 3.28. The molecule has 0 aliphatic heterocycles. The molecule has 0 saturated carbocycles. The first-order valence-electron chi connectivity index (χ1n) is 7.78. The van der Waals surface area contributed by atoms with Crippen LogP contribution in [0, 0.1) is 0 Å². The normalized spacial score (nSPS) is 12.6. The first-order chi connectivity index (χ1) is 11.2. The van der Waals surface area contributed by atoms with E-state index in [-0.39, 0.29) is 11.6 Å². The highest BCUT2D eigenvalue weighted by Crippen LogP contribution is 2.10. The quantitative estimate of drug-likeness (QED) is 0.755. The number of aryl methyl sites for hydroxylation is 1. The van der Waals surface area contributed by atoms with Crippen LogP contribution in [0.15, 0.2) is 40.8 Å². The number of para-hydroxylation sites is 1. The molecule has 0 fully saturated rings. The molecule has 0 bridgehead atoms. The predicted molar refractivity (Wildman–Crippen MR) is 93.8 cm³/mol. The largest absolute Gasteiger partial charge is 0.306 e. The van der Waals surface area contributed by atoms with Gasteiger partial charge in [-0.1, -0.05) is 19.1 Å². The van der Waals surface area contributed by atoms with Crippen molar-refractivity contribution in [2.24, 2.45) is 0 Å². The van der Waals surface area contributed by atoms with Gasteiger partial charge in [-0.15, -0.1) is 11.3 Å². The number of benzene rings is 1. The number of aromatic nitrogens is 3. The minimum atomic E-state index is 0.00627. The Kier molecular flexibility index (Phi) is 4.83. The molecule has 1 N–H and O–H groups in total. The van der Waals surface area contributed by atoms with Crippen LogP contribution in [0.4, 0.5) is 0 Å². The second-order valence-corrected chi connectivity index (χ2v) is 6.53. The Balaban J connectivity index is 1.66. The molecule has 2 heterocycles. The molecule has 5 nitrogen and oxygen atoms in total. The summed E-state index contributed by atoms with van der Waals surface area (Å²) < 4.78 is 1.67. The Bertz CT molecular complexity index is 855. The molecule has 120 valence electrons. The molecule has 0 spiro atoms. The van der Waals surface area contributed by atoms with Crippen molar-refractivity contribution < 1.29 is 0 Å². The van der Waals surface area contributed by atoms with E-state index < -0.39 is 0 Å². The van der Waals surface area contributed by atoms with Gasteiger partial charge in [0.2, 0.25) is 0 Å². The van der Waals surface area contributed by atoms with Crippen molar-refractivity contribution in [3.05, 3.63) is 57.0 Å². The lowest BCUT2D eigenvalue weighted by molar-refractivity contribution is 0.466. The van der Waals surface area contributed by atoms with Gasteiger partial charge in [-0.3, -0.25) is 9.36 Å². The summed E-state index contributed by atoms with van der Waals surface area (Å²) in [5.41, 5.74) is 1.88. The molecule has 3 rings (SSSR count). The third-order valence-electron chi connectivity index (χ3n) is 3.77. The SMILES string of the molecule is CCc1csc(CNC(C)Cn2cnc3ccccc3c2=O)n1. The average molecular weight is 328 g/mol. The Labute approximate surface area is 139 Å². The summed E-state index contributed by atoms with van der Waals surface area (Å²) in [5.74, 6) is 0. The second-order valence-electron chi connectivity index (χ2n) is 5.59. The highest BCUT2D eigenvalue weighted by Gasteiger charge is 2.08. The summed E-state index contributed by atoms with van der Waals surface area (Å²) in [6.45, 7) is 5.48. The molecule has 6 heteroatoms.